The lowest BCUT2D eigenvalue weighted by Gasteiger charge is -2.36. The zero-order valence-corrected chi connectivity index (χ0v) is 13.5. The Labute approximate surface area is 120 Å². The van der Waals surface area contributed by atoms with E-state index in [-0.39, 0.29) is 0 Å². The highest BCUT2D eigenvalue weighted by Crippen LogP contribution is 2.20. The van der Waals surface area contributed by atoms with Crippen molar-refractivity contribution >= 4 is 0 Å². The molecule has 2 aliphatic heterocycles. The molecule has 0 bridgehead atoms. The van der Waals surface area contributed by atoms with Crippen LogP contribution in [-0.2, 0) is 4.74 Å². The highest BCUT2D eigenvalue weighted by atomic mass is 16.5. The quantitative estimate of drug-likeness (QED) is 0.781. The summed E-state index contributed by atoms with van der Waals surface area (Å²) in [5, 5.41) is 0. The Kier molecular flexibility index (Phi) is 8.67. The van der Waals surface area contributed by atoms with Gasteiger partial charge in [0.2, 0.25) is 0 Å². The van der Waals surface area contributed by atoms with Gasteiger partial charge in [0.1, 0.15) is 0 Å². The molecule has 2 fully saturated rings. The summed E-state index contributed by atoms with van der Waals surface area (Å²) in [5.41, 5.74) is 0. The van der Waals surface area contributed by atoms with E-state index in [9.17, 15) is 0 Å². The second kappa shape index (κ2) is 9.73. The lowest BCUT2D eigenvalue weighted by atomic mass is 9.95. The third-order valence-electron chi connectivity index (χ3n) is 4.29. The van der Waals surface area contributed by atoms with Crippen LogP contribution in [0.2, 0.25) is 0 Å². The molecule has 114 valence electrons. The van der Waals surface area contributed by atoms with Crippen LogP contribution in [0.3, 0.4) is 0 Å². The summed E-state index contributed by atoms with van der Waals surface area (Å²) in [6, 6.07) is 0. The molecule has 0 aromatic carbocycles. The molecular weight excluding hydrogens is 236 g/mol. The zero-order valence-electron chi connectivity index (χ0n) is 13.5. The molecule has 0 radical (unpaired) electrons. The number of piperidine rings is 2. The molecule has 2 aliphatic rings. The number of ether oxygens (including phenoxy) is 1. The van der Waals surface area contributed by atoms with E-state index in [2.05, 4.69) is 23.8 Å². The van der Waals surface area contributed by atoms with Gasteiger partial charge in [0.05, 0.1) is 6.10 Å². The Morgan fingerprint density at radius 2 is 1.53 bits per heavy atom. The zero-order chi connectivity index (χ0) is 14.1. The SMILES string of the molecule is CC.CCOC1CCN(CC2CCN(C)CC2)CC1. The molecule has 2 saturated heterocycles. The fourth-order valence-corrected chi connectivity index (χ4v) is 3.10. The van der Waals surface area contributed by atoms with E-state index in [1.54, 1.807) is 0 Å². The molecule has 0 spiro atoms. The minimum atomic E-state index is 0.536. The number of hydrogen-bond acceptors (Lipinski definition) is 3. The van der Waals surface area contributed by atoms with E-state index < -0.39 is 0 Å². The molecule has 3 nitrogen and oxygen atoms in total. The first-order chi connectivity index (χ1) is 9.28. The molecule has 0 aliphatic carbocycles. The van der Waals surface area contributed by atoms with Crippen LogP contribution >= 0.6 is 0 Å². The van der Waals surface area contributed by atoms with Gasteiger partial charge >= 0.3 is 0 Å². The molecule has 0 aromatic heterocycles. The second-order valence-corrected chi connectivity index (χ2v) is 5.70. The van der Waals surface area contributed by atoms with Crippen LogP contribution in [0.15, 0.2) is 0 Å². The van der Waals surface area contributed by atoms with Gasteiger partial charge in [0.15, 0.2) is 0 Å². The van der Waals surface area contributed by atoms with Crippen molar-refractivity contribution in [1.82, 2.24) is 9.80 Å². The number of likely N-dealkylation sites (tertiary alicyclic amines) is 2. The van der Waals surface area contributed by atoms with E-state index in [0.29, 0.717) is 6.10 Å². The summed E-state index contributed by atoms with van der Waals surface area (Å²) < 4.78 is 5.70. The topological polar surface area (TPSA) is 15.7 Å². The molecule has 2 rings (SSSR count). The smallest absolute Gasteiger partial charge is 0.0599 e. The molecular formula is C16H34N2O. The van der Waals surface area contributed by atoms with E-state index >= 15 is 0 Å². The van der Waals surface area contributed by atoms with E-state index in [1.165, 1.54) is 58.4 Å². The average Bonchev–Trinajstić information content (AvgIpc) is 2.46. The van der Waals surface area contributed by atoms with Crippen molar-refractivity contribution in [2.75, 3.05) is 46.4 Å². The Balaban J connectivity index is 0.000000861. The van der Waals surface area contributed by atoms with Crippen LogP contribution in [0.5, 0.6) is 0 Å². The summed E-state index contributed by atoms with van der Waals surface area (Å²) >= 11 is 0. The number of nitrogens with zero attached hydrogens (tertiary/aromatic N) is 2. The van der Waals surface area contributed by atoms with Gasteiger partial charge < -0.3 is 14.5 Å². The van der Waals surface area contributed by atoms with Crippen LogP contribution < -0.4 is 0 Å². The summed E-state index contributed by atoms with van der Waals surface area (Å²) in [6.45, 7) is 13.4. The van der Waals surface area contributed by atoms with E-state index in [1.807, 2.05) is 13.8 Å². The summed E-state index contributed by atoms with van der Waals surface area (Å²) in [5.74, 6) is 0.940. The van der Waals surface area contributed by atoms with Gasteiger partial charge in [0.25, 0.3) is 0 Å². The van der Waals surface area contributed by atoms with Gasteiger partial charge in [-0.3, -0.25) is 0 Å². The lowest BCUT2D eigenvalue weighted by molar-refractivity contribution is 0.00883. The van der Waals surface area contributed by atoms with Crippen LogP contribution in [0, 0.1) is 5.92 Å². The first-order valence-corrected chi connectivity index (χ1v) is 8.30. The van der Waals surface area contributed by atoms with Crippen molar-refractivity contribution < 1.29 is 4.74 Å². The van der Waals surface area contributed by atoms with Crippen molar-refractivity contribution in [1.29, 1.82) is 0 Å². The van der Waals surface area contributed by atoms with Crippen molar-refractivity contribution in [3.05, 3.63) is 0 Å². The average molecular weight is 270 g/mol. The Hall–Kier alpha value is -0.120. The van der Waals surface area contributed by atoms with Crippen molar-refractivity contribution in [3.63, 3.8) is 0 Å². The highest BCUT2D eigenvalue weighted by molar-refractivity contribution is 4.77. The number of rotatable bonds is 4. The van der Waals surface area contributed by atoms with Crippen molar-refractivity contribution in [2.45, 2.75) is 52.6 Å². The molecule has 2 heterocycles. The predicted octanol–water partition coefficient (Wildman–Crippen LogP) is 2.86. The van der Waals surface area contributed by atoms with Gasteiger partial charge in [-0.25, -0.2) is 0 Å². The molecule has 0 N–H and O–H groups in total. The van der Waals surface area contributed by atoms with Crippen LogP contribution in [-0.4, -0.2) is 62.3 Å². The predicted molar refractivity (Wildman–Crippen MR) is 82.7 cm³/mol. The van der Waals surface area contributed by atoms with Gasteiger partial charge in [-0.1, -0.05) is 13.8 Å². The van der Waals surface area contributed by atoms with Crippen molar-refractivity contribution in [2.24, 2.45) is 5.92 Å². The van der Waals surface area contributed by atoms with Gasteiger partial charge in [0, 0.05) is 26.2 Å². The second-order valence-electron chi connectivity index (χ2n) is 5.70. The van der Waals surface area contributed by atoms with E-state index in [4.69, 9.17) is 4.74 Å². The van der Waals surface area contributed by atoms with Gasteiger partial charge in [-0.15, -0.1) is 0 Å². The normalized spacial score (nSPS) is 24.0. The first kappa shape index (κ1) is 16.9. The molecule has 0 atom stereocenters. The standard InChI is InChI=1S/C14H28N2O.C2H6/c1-3-17-14-6-10-16(11-7-14)12-13-4-8-15(2)9-5-13;1-2/h13-14H,3-12H2,1-2H3;1-2H3. The molecule has 0 amide bonds. The van der Waals surface area contributed by atoms with Gasteiger partial charge in [-0.05, 0) is 58.7 Å². The summed E-state index contributed by atoms with van der Waals surface area (Å²) in [4.78, 5) is 5.11. The third kappa shape index (κ3) is 6.24. The molecule has 3 heteroatoms. The summed E-state index contributed by atoms with van der Waals surface area (Å²) in [7, 11) is 2.24. The van der Waals surface area contributed by atoms with E-state index in [0.717, 1.165) is 12.5 Å². The molecule has 19 heavy (non-hydrogen) atoms. The van der Waals surface area contributed by atoms with Crippen molar-refractivity contribution in [3.8, 4) is 0 Å². The Morgan fingerprint density at radius 3 is 2.05 bits per heavy atom. The maximum atomic E-state index is 5.70. The van der Waals surface area contributed by atoms with Gasteiger partial charge in [-0.2, -0.15) is 0 Å². The van der Waals surface area contributed by atoms with Crippen LogP contribution in [0.1, 0.15) is 46.5 Å². The molecule has 0 aromatic rings. The molecule has 0 saturated carbocycles. The fourth-order valence-electron chi connectivity index (χ4n) is 3.10. The minimum absolute atomic E-state index is 0.536. The minimum Gasteiger partial charge on any atom is -0.378 e. The third-order valence-corrected chi connectivity index (χ3v) is 4.29. The molecule has 0 unspecified atom stereocenters. The lowest BCUT2D eigenvalue weighted by Crippen LogP contribution is -2.42. The maximum absolute atomic E-state index is 5.70. The largest absolute Gasteiger partial charge is 0.378 e. The summed E-state index contributed by atoms with van der Waals surface area (Å²) in [6.07, 6.45) is 5.79. The first-order valence-electron chi connectivity index (χ1n) is 8.30. The Morgan fingerprint density at radius 1 is 0.947 bits per heavy atom. The fraction of sp³-hybridized carbons (Fsp3) is 1.00. The maximum Gasteiger partial charge on any atom is 0.0599 e. The highest BCUT2D eigenvalue weighted by Gasteiger charge is 2.23. The Bertz CT molecular complexity index is 207. The van der Waals surface area contributed by atoms with Crippen LogP contribution in [0.25, 0.3) is 0 Å². The number of hydrogen-bond donors (Lipinski definition) is 0. The monoisotopic (exact) mass is 270 g/mol. The van der Waals surface area contributed by atoms with Crippen LogP contribution in [0.4, 0.5) is 0 Å².